The Kier molecular flexibility index (Phi) is 9.95. The fourth-order valence-corrected chi connectivity index (χ4v) is 4.65. The van der Waals surface area contributed by atoms with E-state index < -0.39 is 0 Å². The molecule has 3 amide bonds. The number of para-hydroxylation sites is 1. The van der Waals surface area contributed by atoms with Crippen molar-refractivity contribution in [3.63, 3.8) is 0 Å². The number of hydrogen-bond donors (Lipinski definition) is 1. The number of urea groups is 1. The number of aryl methyl sites for hydroxylation is 2. The van der Waals surface area contributed by atoms with E-state index in [-0.39, 0.29) is 18.5 Å². The smallest absolute Gasteiger partial charge is 0.322 e. The third-order valence-corrected chi connectivity index (χ3v) is 6.83. The van der Waals surface area contributed by atoms with Crippen molar-refractivity contribution in [2.75, 3.05) is 51.3 Å². The monoisotopic (exact) mass is 518 g/mol. The second-order valence-corrected chi connectivity index (χ2v) is 9.74. The molecule has 0 saturated carbocycles. The van der Waals surface area contributed by atoms with Crippen molar-refractivity contribution in [3.05, 3.63) is 89.4 Å². The molecule has 1 aliphatic heterocycles. The van der Waals surface area contributed by atoms with Crippen LogP contribution >= 0.6 is 0 Å². The summed E-state index contributed by atoms with van der Waals surface area (Å²) in [6.07, 6.45) is 2.38. The molecule has 1 N–H and O–H groups in total. The molecule has 3 aromatic rings. The highest BCUT2D eigenvalue weighted by Crippen LogP contribution is 2.20. The molecule has 4 rings (SSSR count). The van der Waals surface area contributed by atoms with Gasteiger partial charge in [0, 0.05) is 38.4 Å². The number of carbonyl (C=O) groups excluding carboxylic acids is 2. The zero-order valence-electron chi connectivity index (χ0n) is 22.4. The lowest BCUT2D eigenvalue weighted by atomic mass is 10.1. The van der Waals surface area contributed by atoms with Gasteiger partial charge in [-0.25, -0.2) is 4.79 Å². The number of furan rings is 1. The number of hydrogen-bond acceptors (Lipinski definition) is 5. The molecular weight excluding hydrogens is 480 g/mol. The van der Waals surface area contributed by atoms with Gasteiger partial charge in [-0.05, 0) is 49.1 Å². The molecule has 8 heteroatoms. The van der Waals surface area contributed by atoms with Crippen LogP contribution in [-0.4, -0.2) is 72.6 Å². The second kappa shape index (κ2) is 13.8. The van der Waals surface area contributed by atoms with Gasteiger partial charge in [-0.3, -0.25) is 9.69 Å². The predicted octanol–water partition coefficient (Wildman–Crippen LogP) is 4.68. The first kappa shape index (κ1) is 27.4. The van der Waals surface area contributed by atoms with Crippen LogP contribution in [0.1, 0.15) is 28.9 Å². The lowest BCUT2D eigenvalue weighted by molar-refractivity contribution is -0.133. The minimum atomic E-state index is -0.268. The van der Waals surface area contributed by atoms with Gasteiger partial charge in [0.1, 0.15) is 12.3 Å². The van der Waals surface area contributed by atoms with Crippen molar-refractivity contribution in [3.8, 4) is 0 Å². The third kappa shape index (κ3) is 7.94. The number of rotatable bonds is 11. The number of ether oxygens (including phenoxy) is 1. The summed E-state index contributed by atoms with van der Waals surface area (Å²) in [6, 6.07) is 19.2. The summed E-state index contributed by atoms with van der Waals surface area (Å²) in [5, 5.41) is 3.07. The van der Waals surface area contributed by atoms with E-state index in [1.165, 1.54) is 0 Å². The first-order valence-electron chi connectivity index (χ1n) is 13.3. The van der Waals surface area contributed by atoms with Gasteiger partial charge in [-0.1, -0.05) is 48.5 Å². The van der Waals surface area contributed by atoms with Crippen LogP contribution in [0.3, 0.4) is 0 Å². The molecule has 8 nitrogen and oxygen atoms in total. The highest BCUT2D eigenvalue weighted by atomic mass is 16.5. The van der Waals surface area contributed by atoms with Gasteiger partial charge in [-0.2, -0.15) is 0 Å². The van der Waals surface area contributed by atoms with Crippen LogP contribution in [0.5, 0.6) is 0 Å². The summed E-state index contributed by atoms with van der Waals surface area (Å²) in [5.74, 6) is 0.571. The molecule has 1 aliphatic rings. The fraction of sp³-hybridized carbons (Fsp3) is 0.400. The summed E-state index contributed by atoms with van der Waals surface area (Å²) in [6.45, 7) is 9.26. The van der Waals surface area contributed by atoms with Crippen molar-refractivity contribution in [2.24, 2.45) is 0 Å². The Balaban J connectivity index is 1.48. The summed E-state index contributed by atoms with van der Waals surface area (Å²) >= 11 is 0. The average molecular weight is 519 g/mol. The Labute approximate surface area is 225 Å². The zero-order chi connectivity index (χ0) is 26.7. The van der Waals surface area contributed by atoms with Crippen LogP contribution < -0.4 is 5.32 Å². The maximum atomic E-state index is 13.7. The summed E-state index contributed by atoms with van der Waals surface area (Å²) in [7, 11) is 0. The maximum Gasteiger partial charge on any atom is 0.322 e. The van der Waals surface area contributed by atoms with Crippen LogP contribution in [0.4, 0.5) is 10.5 Å². The van der Waals surface area contributed by atoms with Gasteiger partial charge in [0.15, 0.2) is 0 Å². The molecule has 1 saturated heterocycles. The van der Waals surface area contributed by atoms with Crippen molar-refractivity contribution in [1.82, 2.24) is 14.7 Å². The standard InChI is InChI=1S/C30H38N4O4/c1-24-9-6-10-25(2)29(24)31-30(36)33(15-8-14-32-16-19-37-20-17-32)23-28(35)34(22-27-13-7-18-38-27)21-26-11-4-3-5-12-26/h3-7,9-13,18H,8,14-17,19-23H2,1-2H3,(H,31,36). The lowest BCUT2D eigenvalue weighted by Gasteiger charge is -2.30. The van der Waals surface area contributed by atoms with E-state index in [1.807, 2.05) is 74.5 Å². The molecule has 202 valence electrons. The van der Waals surface area contributed by atoms with Crippen molar-refractivity contribution in [1.29, 1.82) is 0 Å². The van der Waals surface area contributed by atoms with Crippen LogP contribution in [0.2, 0.25) is 0 Å². The Bertz CT molecular complexity index is 1140. The van der Waals surface area contributed by atoms with Gasteiger partial charge in [0.05, 0.1) is 26.0 Å². The molecule has 2 heterocycles. The Morgan fingerprint density at radius 1 is 0.895 bits per heavy atom. The highest BCUT2D eigenvalue weighted by Gasteiger charge is 2.23. The topological polar surface area (TPSA) is 78.3 Å². The van der Waals surface area contributed by atoms with Gasteiger partial charge in [-0.15, -0.1) is 0 Å². The predicted molar refractivity (Wildman–Crippen MR) is 148 cm³/mol. The minimum absolute atomic E-state index is 0.0204. The zero-order valence-corrected chi connectivity index (χ0v) is 22.4. The number of benzene rings is 2. The molecule has 0 atom stereocenters. The number of anilines is 1. The molecule has 1 fully saturated rings. The normalized spacial score (nSPS) is 13.7. The quantitative estimate of drug-likeness (QED) is 0.399. The van der Waals surface area contributed by atoms with E-state index in [4.69, 9.17) is 9.15 Å². The molecule has 0 aliphatic carbocycles. The molecule has 0 spiro atoms. The van der Waals surface area contributed by atoms with E-state index in [1.54, 1.807) is 16.1 Å². The number of morpholine rings is 1. The van der Waals surface area contributed by atoms with Gasteiger partial charge in [0.2, 0.25) is 5.91 Å². The van der Waals surface area contributed by atoms with Gasteiger partial charge >= 0.3 is 6.03 Å². The van der Waals surface area contributed by atoms with E-state index in [9.17, 15) is 9.59 Å². The Morgan fingerprint density at radius 3 is 2.32 bits per heavy atom. The summed E-state index contributed by atoms with van der Waals surface area (Å²) in [5.41, 5.74) is 3.79. The Hall–Kier alpha value is -3.62. The number of carbonyl (C=O) groups is 2. The largest absolute Gasteiger partial charge is 0.467 e. The first-order chi connectivity index (χ1) is 18.5. The van der Waals surface area contributed by atoms with Gasteiger partial charge < -0.3 is 24.3 Å². The highest BCUT2D eigenvalue weighted by molar-refractivity contribution is 5.93. The van der Waals surface area contributed by atoms with Crippen LogP contribution in [0, 0.1) is 13.8 Å². The van der Waals surface area contributed by atoms with E-state index in [2.05, 4.69) is 10.2 Å². The fourth-order valence-electron chi connectivity index (χ4n) is 4.65. The Morgan fingerprint density at radius 2 is 1.63 bits per heavy atom. The average Bonchev–Trinajstić information content (AvgIpc) is 3.44. The maximum absolute atomic E-state index is 13.7. The molecule has 0 unspecified atom stereocenters. The number of amides is 3. The van der Waals surface area contributed by atoms with E-state index in [0.717, 1.165) is 61.6 Å². The minimum Gasteiger partial charge on any atom is -0.467 e. The van der Waals surface area contributed by atoms with Crippen molar-refractivity contribution >= 4 is 17.6 Å². The van der Waals surface area contributed by atoms with Crippen LogP contribution in [-0.2, 0) is 22.6 Å². The summed E-state index contributed by atoms with van der Waals surface area (Å²) in [4.78, 5) is 32.9. The van der Waals surface area contributed by atoms with Crippen molar-refractivity contribution < 1.29 is 18.7 Å². The SMILES string of the molecule is Cc1cccc(C)c1NC(=O)N(CCCN1CCOCC1)CC(=O)N(Cc1ccccc1)Cc1ccco1. The van der Waals surface area contributed by atoms with Crippen molar-refractivity contribution in [2.45, 2.75) is 33.4 Å². The third-order valence-electron chi connectivity index (χ3n) is 6.83. The summed E-state index contributed by atoms with van der Waals surface area (Å²) < 4.78 is 11.0. The molecule has 0 radical (unpaired) electrons. The van der Waals surface area contributed by atoms with Crippen LogP contribution in [0.25, 0.3) is 0 Å². The van der Waals surface area contributed by atoms with E-state index >= 15 is 0 Å². The van der Waals surface area contributed by atoms with E-state index in [0.29, 0.717) is 25.4 Å². The number of nitrogens with one attached hydrogen (secondary N) is 1. The molecule has 1 aromatic heterocycles. The second-order valence-electron chi connectivity index (χ2n) is 9.74. The first-order valence-corrected chi connectivity index (χ1v) is 13.3. The van der Waals surface area contributed by atoms with Crippen LogP contribution in [0.15, 0.2) is 71.3 Å². The van der Waals surface area contributed by atoms with Gasteiger partial charge in [0.25, 0.3) is 0 Å². The molecule has 2 aromatic carbocycles. The lowest BCUT2D eigenvalue weighted by Crippen LogP contribution is -2.45. The number of nitrogens with zero attached hydrogens (tertiary/aromatic N) is 3. The molecule has 38 heavy (non-hydrogen) atoms. The molecular formula is C30H38N4O4. The molecule has 0 bridgehead atoms.